The van der Waals surface area contributed by atoms with Gasteiger partial charge >= 0.3 is 5.97 Å². The van der Waals surface area contributed by atoms with Crippen LogP contribution in [0.25, 0.3) is 11.4 Å². The van der Waals surface area contributed by atoms with Crippen LogP contribution in [0.1, 0.15) is 56.2 Å². The summed E-state index contributed by atoms with van der Waals surface area (Å²) in [5.41, 5.74) is 2.36. The van der Waals surface area contributed by atoms with E-state index in [1.54, 1.807) is 0 Å². The Morgan fingerprint density at radius 2 is 1.82 bits per heavy atom. The number of carbonyl (C=O) groups is 2. The molecule has 0 aliphatic carbocycles. The molecule has 0 fully saturated rings. The van der Waals surface area contributed by atoms with E-state index >= 15 is 0 Å². The standard InChI is InChI=1S/C18H21N3O3.C4H10/c1-24-15(22)12-19-18(23)16-14-10-6-3-7-11-21(14)17(20-16)13-8-4-2-5-9-13;1-4(2)3/h2,4-5,8-9H,3,6-7,10-12H2,1H3,(H,19,23);4H,1-3H3. The Morgan fingerprint density at radius 3 is 2.46 bits per heavy atom. The molecule has 0 atom stereocenters. The fourth-order valence-corrected chi connectivity index (χ4v) is 3.02. The molecule has 0 saturated heterocycles. The molecule has 2 heterocycles. The maximum Gasteiger partial charge on any atom is 0.325 e. The summed E-state index contributed by atoms with van der Waals surface area (Å²) in [6.07, 6.45) is 4.07. The lowest BCUT2D eigenvalue weighted by Crippen LogP contribution is -2.31. The van der Waals surface area contributed by atoms with Crippen LogP contribution in [0.5, 0.6) is 0 Å². The Balaban J connectivity index is 0.000000640. The second-order valence-corrected chi connectivity index (χ2v) is 7.55. The molecule has 1 N–H and O–H groups in total. The highest BCUT2D eigenvalue weighted by Gasteiger charge is 2.24. The molecule has 2 aromatic rings. The van der Waals surface area contributed by atoms with Crippen LogP contribution in [-0.4, -0.2) is 35.1 Å². The van der Waals surface area contributed by atoms with E-state index in [1.807, 2.05) is 30.3 Å². The number of imidazole rings is 1. The highest BCUT2D eigenvalue weighted by Crippen LogP contribution is 2.27. The van der Waals surface area contributed by atoms with Crippen molar-refractivity contribution in [1.29, 1.82) is 0 Å². The van der Waals surface area contributed by atoms with Crippen LogP contribution in [0.4, 0.5) is 0 Å². The van der Waals surface area contributed by atoms with Crippen LogP contribution in [-0.2, 0) is 22.5 Å². The third-order valence-electron chi connectivity index (χ3n) is 4.24. The number of hydrogen-bond acceptors (Lipinski definition) is 4. The molecule has 1 aromatic carbocycles. The molecule has 1 aliphatic rings. The van der Waals surface area contributed by atoms with Crippen molar-refractivity contribution in [2.24, 2.45) is 5.92 Å². The topological polar surface area (TPSA) is 73.2 Å². The maximum absolute atomic E-state index is 12.5. The Hall–Kier alpha value is -2.63. The number of nitrogens with one attached hydrogen (secondary N) is 1. The Labute approximate surface area is 167 Å². The first-order chi connectivity index (χ1) is 13.4. The second kappa shape index (κ2) is 10.6. The van der Waals surface area contributed by atoms with Crippen molar-refractivity contribution in [1.82, 2.24) is 14.9 Å². The molecule has 28 heavy (non-hydrogen) atoms. The van der Waals surface area contributed by atoms with E-state index < -0.39 is 5.97 Å². The molecule has 1 aliphatic heterocycles. The first-order valence-corrected chi connectivity index (χ1v) is 9.93. The number of amides is 1. The molecule has 0 saturated carbocycles. The summed E-state index contributed by atoms with van der Waals surface area (Å²) in [4.78, 5) is 28.4. The van der Waals surface area contributed by atoms with Gasteiger partial charge in [0, 0.05) is 12.1 Å². The Bertz CT molecular complexity index is 779. The lowest BCUT2D eigenvalue weighted by atomic mass is 10.1. The third-order valence-corrected chi connectivity index (χ3v) is 4.24. The molecular weight excluding hydrogens is 354 g/mol. The zero-order valence-corrected chi connectivity index (χ0v) is 17.3. The van der Waals surface area contributed by atoms with Gasteiger partial charge in [0.2, 0.25) is 0 Å². The van der Waals surface area contributed by atoms with Gasteiger partial charge in [-0.2, -0.15) is 0 Å². The van der Waals surface area contributed by atoms with Gasteiger partial charge in [-0.05, 0) is 25.2 Å². The quantitative estimate of drug-likeness (QED) is 0.812. The lowest BCUT2D eigenvalue weighted by Gasteiger charge is -2.08. The minimum absolute atomic E-state index is 0.150. The van der Waals surface area contributed by atoms with E-state index in [0.29, 0.717) is 5.69 Å². The number of rotatable bonds is 4. The van der Waals surface area contributed by atoms with Crippen molar-refractivity contribution in [2.45, 2.75) is 53.0 Å². The third kappa shape index (κ3) is 5.94. The van der Waals surface area contributed by atoms with Crippen molar-refractivity contribution in [3.8, 4) is 11.4 Å². The number of fused-ring (bicyclic) bond motifs is 1. The summed E-state index contributed by atoms with van der Waals surface area (Å²) in [5, 5.41) is 2.60. The molecule has 0 unspecified atom stereocenters. The summed E-state index contributed by atoms with van der Waals surface area (Å²) in [6, 6.07) is 9.88. The molecule has 6 heteroatoms. The van der Waals surface area contributed by atoms with Gasteiger partial charge in [0.15, 0.2) is 0 Å². The van der Waals surface area contributed by atoms with Gasteiger partial charge in [0.1, 0.15) is 18.1 Å². The zero-order chi connectivity index (χ0) is 20.5. The van der Waals surface area contributed by atoms with Gasteiger partial charge < -0.3 is 14.6 Å². The zero-order valence-electron chi connectivity index (χ0n) is 17.3. The first-order valence-electron chi connectivity index (χ1n) is 9.93. The van der Waals surface area contributed by atoms with Gasteiger partial charge in [0.25, 0.3) is 5.91 Å². The molecule has 0 radical (unpaired) electrons. The minimum atomic E-state index is -0.475. The highest BCUT2D eigenvalue weighted by molar-refractivity contribution is 5.96. The number of aromatic nitrogens is 2. The van der Waals surface area contributed by atoms with Crippen molar-refractivity contribution >= 4 is 11.9 Å². The molecule has 1 aromatic heterocycles. The molecular formula is C22H31N3O3. The Morgan fingerprint density at radius 1 is 1.14 bits per heavy atom. The summed E-state index contributed by atoms with van der Waals surface area (Å²) in [6.45, 7) is 7.21. The number of esters is 1. The van der Waals surface area contributed by atoms with Crippen molar-refractivity contribution in [3.63, 3.8) is 0 Å². The molecule has 1 amide bonds. The molecule has 152 valence electrons. The average molecular weight is 386 g/mol. The largest absolute Gasteiger partial charge is 0.468 e. The number of carbonyl (C=O) groups excluding carboxylic acids is 2. The minimum Gasteiger partial charge on any atom is -0.468 e. The van der Waals surface area contributed by atoms with Crippen LogP contribution in [0.3, 0.4) is 0 Å². The van der Waals surface area contributed by atoms with Crippen LogP contribution < -0.4 is 5.32 Å². The fourth-order valence-electron chi connectivity index (χ4n) is 3.02. The molecule has 6 nitrogen and oxygen atoms in total. The van der Waals surface area contributed by atoms with Crippen LogP contribution in [0, 0.1) is 5.92 Å². The van der Waals surface area contributed by atoms with E-state index in [0.717, 1.165) is 55.2 Å². The van der Waals surface area contributed by atoms with Gasteiger partial charge in [-0.1, -0.05) is 57.5 Å². The fraction of sp³-hybridized carbons (Fsp3) is 0.500. The molecule has 0 spiro atoms. The molecule has 0 bridgehead atoms. The number of nitrogens with zero attached hydrogens (tertiary/aromatic N) is 2. The van der Waals surface area contributed by atoms with Gasteiger partial charge in [0.05, 0.1) is 12.8 Å². The van der Waals surface area contributed by atoms with Crippen molar-refractivity contribution < 1.29 is 14.3 Å². The predicted octanol–water partition coefficient (Wildman–Crippen LogP) is 3.84. The summed E-state index contributed by atoms with van der Waals surface area (Å²) in [5.74, 6) is 0.848. The normalized spacial score (nSPS) is 13.0. The number of methoxy groups -OCH3 is 1. The number of hydrogen-bond donors (Lipinski definition) is 1. The van der Waals surface area contributed by atoms with Crippen molar-refractivity contribution in [3.05, 3.63) is 41.7 Å². The average Bonchev–Trinajstić information content (AvgIpc) is 2.87. The first kappa shape index (κ1) is 21.7. The van der Waals surface area contributed by atoms with Crippen LogP contribution >= 0.6 is 0 Å². The SMILES string of the molecule is CC(C)C.COC(=O)CNC(=O)c1nc(-c2ccccc2)n2c1CCCCC2. The Kier molecular flexibility index (Phi) is 8.23. The summed E-state index contributed by atoms with van der Waals surface area (Å²) in [7, 11) is 1.30. The second-order valence-electron chi connectivity index (χ2n) is 7.55. The molecule has 3 rings (SSSR count). The number of ether oxygens (including phenoxy) is 1. The van der Waals surface area contributed by atoms with E-state index in [-0.39, 0.29) is 12.5 Å². The van der Waals surface area contributed by atoms with Crippen LogP contribution in [0.15, 0.2) is 30.3 Å². The van der Waals surface area contributed by atoms with Gasteiger partial charge in [-0.15, -0.1) is 0 Å². The predicted molar refractivity (Wildman–Crippen MR) is 110 cm³/mol. The lowest BCUT2D eigenvalue weighted by molar-refractivity contribution is -0.139. The van der Waals surface area contributed by atoms with Gasteiger partial charge in [-0.3, -0.25) is 9.59 Å². The van der Waals surface area contributed by atoms with Gasteiger partial charge in [-0.25, -0.2) is 4.98 Å². The summed E-state index contributed by atoms with van der Waals surface area (Å²) < 4.78 is 6.71. The van der Waals surface area contributed by atoms with E-state index in [1.165, 1.54) is 7.11 Å². The maximum atomic E-state index is 12.5. The smallest absolute Gasteiger partial charge is 0.325 e. The van der Waals surface area contributed by atoms with E-state index in [9.17, 15) is 9.59 Å². The highest BCUT2D eigenvalue weighted by atomic mass is 16.5. The summed E-state index contributed by atoms with van der Waals surface area (Å²) >= 11 is 0. The van der Waals surface area contributed by atoms with Crippen molar-refractivity contribution in [2.75, 3.05) is 13.7 Å². The van der Waals surface area contributed by atoms with E-state index in [2.05, 4.69) is 40.4 Å². The van der Waals surface area contributed by atoms with E-state index in [4.69, 9.17) is 0 Å². The monoisotopic (exact) mass is 385 g/mol. The number of benzene rings is 1. The van der Waals surface area contributed by atoms with Crippen LogP contribution in [0.2, 0.25) is 0 Å².